The molecule has 2 aliphatic rings. The molecule has 4 rings (SSSR count). The van der Waals surface area contributed by atoms with E-state index in [4.69, 9.17) is 11.6 Å². The maximum Gasteiger partial charge on any atom is 0.255 e. The third-order valence-electron chi connectivity index (χ3n) is 5.15. The lowest BCUT2D eigenvalue weighted by Crippen LogP contribution is -2.49. The van der Waals surface area contributed by atoms with E-state index >= 15 is 0 Å². The largest absolute Gasteiger partial charge is 0.367 e. The number of hydrogen-bond donors (Lipinski definition) is 0. The van der Waals surface area contributed by atoms with Gasteiger partial charge in [0, 0.05) is 45.3 Å². The Morgan fingerprint density at radius 2 is 1.74 bits per heavy atom. The molecule has 0 spiro atoms. The van der Waals surface area contributed by atoms with Gasteiger partial charge < -0.3 is 14.7 Å². The molecule has 0 bridgehead atoms. The number of piperazine rings is 1. The van der Waals surface area contributed by atoms with Crippen molar-refractivity contribution in [3.8, 4) is 0 Å². The molecule has 2 aliphatic heterocycles. The molecule has 0 N–H and O–H groups in total. The van der Waals surface area contributed by atoms with Crippen LogP contribution in [-0.4, -0.2) is 60.3 Å². The summed E-state index contributed by atoms with van der Waals surface area (Å²) in [6.07, 6.45) is 4.16. The summed E-state index contributed by atoms with van der Waals surface area (Å²) in [5.41, 5.74) is 1.37. The lowest BCUT2D eigenvalue weighted by molar-refractivity contribution is 0.0747. The van der Waals surface area contributed by atoms with Gasteiger partial charge in [-0.2, -0.15) is 5.10 Å². The van der Waals surface area contributed by atoms with Crippen molar-refractivity contribution in [2.24, 2.45) is 0 Å². The fourth-order valence-corrected chi connectivity index (χ4v) is 3.87. The Balaban J connectivity index is 1.41. The van der Waals surface area contributed by atoms with E-state index in [2.05, 4.69) is 26.1 Å². The van der Waals surface area contributed by atoms with Gasteiger partial charge in [-0.15, -0.1) is 5.10 Å². The summed E-state index contributed by atoms with van der Waals surface area (Å²) in [6.45, 7) is 4.62. The first-order valence-corrected chi connectivity index (χ1v) is 9.56. The molecule has 2 saturated heterocycles. The standard InChI is InChI=1S/C19H21ClFN5O/c20-17-11-14(21)3-4-16(17)19(27)26-9-7-24(8-10-26)15-12-18(23-22-13-15)25-5-1-2-6-25/h3-4,11-13H,1-2,5-10H2. The van der Waals surface area contributed by atoms with E-state index in [0.29, 0.717) is 31.7 Å². The molecule has 142 valence electrons. The zero-order chi connectivity index (χ0) is 18.8. The van der Waals surface area contributed by atoms with E-state index in [1.807, 2.05) is 0 Å². The number of hydrogen-bond acceptors (Lipinski definition) is 5. The van der Waals surface area contributed by atoms with Crippen LogP contribution in [0.4, 0.5) is 15.9 Å². The van der Waals surface area contributed by atoms with E-state index in [-0.39, 0.29) is 10.9 Å². The number of benzene rings is 1. The average molecular weight is 390 g/mol. The molecule has 1 aromatic heterocycles. The van der Waals surface area contributed by atoms with Crippen LogP contribution in [0.25, 0.3) is 0 Å². The van der Waals surface area contributed by atoms with Gasteiger partial charge >= 0.3 is 0 Å². The molecular formula is C19H21ClFN5O. The molecule has 8 heteroatoms. The van der Waals surface area contributed by atoms with Gasteiger partial charge in [0.05, 0.1) is 22.5 Å². The minimum absolute atomic E-state index is 0.149. The van der Waals surface area contributed by atoms with Crippen LogP contribution in [0.2, 0.25) is 5.02 Å². The van der Waals surface area contributed by atoms with Gasteiger partial charge in [-0.25, -0.2) is 4.39 Å². The number of aromatic nitrogens is 2. The van der Waals surface area contributed by atoms with Crippen LogP contribution in [0.5, 0.6) is 0 Å². The smallest absolute Gasteiger partial charge is 0.255 e. The van der Waals surface area contributed by atoms with Crippen LogP contribution in [0, 0.1) is 5.82 Å². The second kappa shape index (κ2) is 7.68. The topological polar surface area (TPSA) is 52.6 Å². The molecule has 2 aromatic rings. The second-order valence-electron chi connectivity index (χ2n) is 6.87. The number of carbonyl (C=O) groups excluding carboxylic acids is 1. The predicted octanol–water partition coefficient (Wildman–Crippen LogP) is 2.83. The Kier molecular flexibility index (Phi) is 5.11. The van der Waals surface area contributed by atoms with Crippen molar-refractivity contribution in [2.45, 2.75) is 12.8 Å². The van der Waals surface area contributed by atoms with Crippen molar-refractivity contribution >= 4 is 29.0 Å². The number of carbonyl (C=O) groups is 1. The highest BCUT2D eigenvalue weighted by Gasteiger charge is 2.25. The van der Waals surface area contributed by atoms with E-state index in [9.17, 15) is 9.18 Å². The fraction of sp³-hybridized carbons (Fsp3) is 0.421. The van der Waals surface area contributed by atoms with E-state index in [1.54, 1.807) is 11.1 Å². The molecule has 3 heterocycles. The zero-order valence-electron chi connectivity index (χ0n) is 14.9. The van der Waals surface area contributed by atoms with E-state index in [0.717, 1.165) is 24.6 Å². The Morgan fingerprint density at radius 1 is 1.00 bits per heavy atom. The number of nitrogens with zero attached hydrogens (tertiary/aromatic N) is 5. The van der Waals surface area contributed by atoms with Crippen LogP contribution in [-0.2, 0) is 0 Å². The molecule has 0 aliphatic carbocycles. The third kappa shape index (κ3) is 3.83. The lowest BCUT2D eigenvalue weighted by atomic mass is 10.1. The first-order valence-electron chi connectivity index (χ1n) is 9.19. The number of anilines is 2. The highest BCUT2D eigenvalue weighted by molar-refractivity contribution is 6.33. The molecule has 0 radical (unpaired) electrons. The van der Waals surface area contributed by atoms with Crippen molar-refractivity contribution < 1.29 is 9.18 Å². The molecule has 1 aromatic carbocycles. The summed E-state index contributed by atoms with van der Waals surface area (Å²) in [7, 11) is 0. The van der Waals surface area contributed by atoms with Crippen LogP contribution in [0.1, 0.15) is 23.2 Å². The van der Waals surface area contributed by atoms with Gasteiger partial charge in [0.25, 0.3) is 5.91 Å². The average Bonchev–Trinajstić information content (AvgIpc) is 3.23. The van der Waals surface area contributed by atoms with Crippen molar-refractivity contribution in [3.05, 3.63) is 46.9 Å². The molecule has 6 nitrogen and oxygen atoms in total. The van der Waals surface area contributed by atoms with Crippen LogP contribution in [0.15, 0.2) is 30.5 Å². The van der Waals surface area contributed by atoms with Crippen molar-refractivity contribution in [1.82, 2.24) is 15.1 Å². The van der Waals surface area contributed by atoms with Gasteiger partial charge in [0.1, 0.15) is 5.82 Å². The molecular weight excluding hydrogens is 369 g/mol. The summed E-state index contributed by atoms with van der Waals surface area (Å²) < 4.78 is 13.2. The molecule has 0 atom stereocenters. The van der Waals surface area contributed by atoms with Crippen molar-refractivity contribution in [1.29, 1.82) is 0 Å². The lowest BCUT2D eigenvalue weighted by Gasteiger charge is -2.36. The number of amides is 1. The minimum Gasteiger partial charge on any atom is -0.367 e. The Hall–Kier alpha value is -2.41. The van der Waals surface area contributed by atoms with Gasteiger partial charge in [0.15, 0.2) is 5.82 Å². The molecule has 27 heavy (non-hydrogen) atoms. The summed E-state index contributed by atoms with van der Waals surface area (Å²) in [5.74, 6) is 0.312. The maximum atomic E-state index is 13.2. The normalized spacial score (nSPS) is 17.5. The van der Waals surface area contributed by atoms with Gasteiger partial charge in [0.2, 0.25) is 0 Å². The summed E-state index contributed by atoms with van der Waals surface area (Å²) in [5, 5.41) is 8.56. The van der Waals surface area contributed by atoms with Gasteiger partial charge in [-0.3, -0.25) is 4.79 Å². The Morgan fingerprint density at radius 3 is 2.44 bits per heavy atom. The summed E-state index contributed by atoms with van der Waals surface area (Å²) in [4.78, 5) is 18.9. The SMILES string of the molecule is O=C(c1ccc(F)cc1Cl)N1CCN(c2cnnc(N3CCCC3)c2)CC1. The Bertz CT molecular complexity index is 835. The molecule has 2 fully saturated rings. The van der Waals surface area contributed by atoms with Crippen LogP contribution < -0.4 is 9.80 Å². The second-order valence-corrected chi connectivity index (χ2v) is 7.28. The quantitative estimate of drug-likeness (QED) is 0.808. The first kappa shape index (κ1) is 18.0. The van der Waals surface area contributed by atoms with E-state index in [1.165, 1.54) is 31.0 Å². The molecule has 0 saturated carbocycles. The fourth-order valence-electron chi connectivity index (χ4n) is 3.62. The predicted molar refractivity (Wildman–Crippen MR) is 103 cm³/mol. The monoisotopic (exact) mass is 389 g/mol. The van der Waals surface area contributed by atoms with Crippen molar-refractivity contribution in [3.63, 3.8) is 0 Å². The van der Waals surface area contributed by atoms with Gasteiger partial charge in [-0.1, -0.05) is 11.6 Å². The van der Waals surface area contributed by atoms with Gasteiger partial charge in [-0.05, 0) is 31.0 Å². The summed E-state index contributed by atoms with van der Waals surface area (Å²) in [6, 6.07) is 5.96. The molecule has 1 amide bonds. The van der Waals surface area contributed by atoms with Crippen LogP contribution in [0.3, 0.4) is 0 Å². The molecule has 0 unspecified atom stereocenters. The highest BCUT2D eigenvalue weighted by Crippen LogP contribution is 2.24. The summed E-state index contributed by atoms with van der Waals surface area (Å²) >= 11 is 6.03. The van der Waals surface area contributed by atoms with Crippen LogP contribution >= 0.6 is 11.6 Å². The first-order chi connectivity index (χ1) is 13.1. The number of rotatable bonds is 3. The number of halogens is 2. The maximum absolute atomic E-state index is 13.2. The minimum atomic E-state index is -0.444. The van der Waals surface area contributed by atoms with Crippen molar-refractivity contribution in [2.75, 3.05) is 49.1 Å². The third-order valence-corrected chi connectivity index (χ3v) is 5.46. The van der Waals surface area contributed by atoms with E-state index < -0.39 is 5.82 Å². The highest BCUT2D eigenvalue weighted by atomic mass is 35.5. The Labute approximate surface area is 162 Å². The zero-order valence-corrected chi connectivity index (χ0v) is 15.7.